The molecule has 2 nitrogen and oxygen atoms in total. The zero-order valence-corrected chi connectivity index (χ0v) is 4.93. The Morgan fingerprint density at radius 1 is 1.38 bits per heavy atom. The van der Waals surface area contributed by atoms with Crippen LogP contribution < -0.4 is 0 Å². The van der Waals surface area contributed by atoms with Crippen LogP contribution in [0, 0.1) is 0 Å². The average Bonchev–Trinajstić information content (AvgIpc) is 2.49. The van der Waals surface area contributed by atoms with Crippen molar-refractivity contribution in [3.8, 4) is 0 Å². The molecule has 1 saturated carbocycles. The first-order valence-corrected chi connectivity index (χ1v) is 3.23. The second-order valence-electron chi connectivity index (χ2n) is 3.00. The lowest BCUT2D eigenvalue weighted by atomic mass is 10.3. The zero-order valence-electron chi connectivity index (χ0n) is 4.93. The van der Waals surface area contributed by atoms with E-state index in [1.54, 1.807) is 0 Å². The van der Waals surface area contributed by atoms with E-state index in [0.29, 0.717) is 0 Å². The van der Waals surface area contributed by atoms with Gasteiger partial charge in [0.15, 0.2) is 0 Å². The molecule has 1 aliphatic carbocycles. The second kappa shape index (κ2) is 1.25. The number of nitrogens with zero attached hydrogens (tertiary/aromatic N) is 1. The first-order valence-electron chi connectivity index (χ1n) is 3.23. The van der Waals surface area contributed by atoms with E-state index in [9.17, 15) is 5.11 Å². The molecule has 2 rings (SSSR count). The third-order valence-corrected chi connectivity index (χ3v) is 1.88. The van der Waals surface area contributed by atoms with Crippen molar-refractivity contribution in [1.82, 2.24) is 4.90 Å². The quantitative estimate of drug-likeness (QED) is 0.502. The first-order chi connectivity index (χ1) is 3.79. The Balaban J connectivity index is 1.81. The summed E-state index contributed by atoms with van der Waals surface area (Å²) in [5.41, 5.74) is -0.240. The number of hydrogen-bond donors (Lipinski definition) is 1. The third kappa shape index (κ3) is 0.858. The van der Waals surface area contributed by atoms with Gasteiger partial charge in [-0.2, -0.15) is 0 Å². The second-order valence-corrected chi connectivity index (χ2v) is 3.00. The molecule has 0 atom stereocenters. The van der Waals surface area contributed by atoms with Gasteiger partial charge < -0.3 is 5.11 Å². The van der Waals surface area contributed by atoms with Crippen molar-refractivity contribution in [2.45, 2.75) is 18.4 Å². The largest absolute Gasteiger partial charge is 0.389 e. The molecule has 0 spiro atoms. The first kappa shape index (κ1) is 4.77. The van der Waals surface area contributed by atoms with Gasteiger partial charge in [-0.15, -0.1) is 0 Å². The number of hydrogen-bond acceptors (Lipinski definition) is 2. The Morgan fingerprint density at radius 2 is 2.00 bits per heavy atom. The van der Waals surface area contributed by atoms with Crippen LogP contribution in [0.25, 0.3) is 0 Å². The van der Waals surface area contributed by atoms with E-state index in [1.807, 2.05) is 0 Å². The lowest BCUT2D eigenvalue weighted by molar-refractivity contribution is 0.131. The fourth-order valence-electron chi connectivity index (χ4n) is 0.947. The Bertz CT molecular complexity index is 105. The van der Waals surface area contributed by atoms with Crippen molar-refractivity contribution in [3.63, 3.8) is 0 Å². The van der Waals surface area contributed by atoms with Gasteiger partial charge in [-0.3, -0.25) is 4.90 Å². The maximum Gasteiger partial charge on any atom is 0.0776 e. The molecule has 1 N–H and O–H groups in total. The van der Waals surface area contributed by atoms with Gasteiger partial charge in [0.25, 0.3) is 0 Å². The third-order valence-electron chi connectivity index (χ3n) is 1.88. The van der Waals surface area contributed by atoms with E-state index < -0.39 is 0 Å². The van der Waals surface area contributed by atoms with Crippen LogP contribution in [0.5, 0.6) is 0 Å². The molecule has 0 bridgehead atoms. The summed E-state index contributed by atoms with van der Waals surface area (Å²) in [5, 5.41) is 9.30. The highest BCUT2D eigenvalue weighted by atomic mass is 16.3. The Hall–Kier alpha value is -0.0800. The zero-order chi connectivity index (χ0) is 5.61. The van der Waals surface area contributed by atoms with E-state index in [-0.39, 0.29) is 5.60 Å². The number of rotatable bonds is 2. The average molecular weight is 113 g/mol. The molecule has 1 saturated heterocycles. The topological polar surface area (TPSA) is 23.2 Å². The summed E-state index contributed by atoms with van der Waals surface area (Å²) in [6.07, 6.45) is 2.06. The summed E-state index contributed by atoms with van der Waals surface area (Å²) in [4.78, 5) is 2.27. The lowest BCUT2D eigenvalue weighted by Crippen LogP contribution is -2.19. The fraction of sp³-hybridized carbons (Fsp3) is 1.00. The maximum absolute atomic E-state index is 9.30. The van der Waals surface area contributed by atoms with E-state index in [1.165, 1.54) is 13.1 Å². The van der Waals surface area contributed by atoms with Crippen LogP contribution in [0.3, 0.4) is 0 Å². The molecule has 2 fully saturated rings. The molecule has 0 aromatic rings. The number of aliphatic hydroxyl groups is 1. The van der Waals surface area contributed by atoms with Gasteiger partial charge in [0.1, 0.15) is 0 Å². The van der Waals surface area contributed by atoms with E-state index in [2.05, 4.69) is 4.90 Å². The highest BCUT2D eigenvalue weighted by Crippen LogP contribution is 2.36. The molecule has 8 heavy (non-hydrogen) atoms. The smallest absolute Gasteiger partial charge is 0.0776 e. The van der Waals surface area contributed by atoms with Crippen LogP contribution >= 0.6 is 0 Å². The van der Waals surface area contributed by atoms with Crippen molar-refractivity contribution in [2.75, 3.05) is 19.6 Å². The molecule has 0 amide bonds. The maximum atomic E-state index is 9.30. The van der Waals surface area contributed by atoms with Gasteiger partial charge in [0, 0.05) is 19.6 Å². The Morgan fingerprint density at radius 3 is 2.38 bits per heavy atom. The Labute approximate surface area is 49.1 Å². The highest BCUT2D eigenvalue weighted by Gasteiger charge is 2.43. The van der Waals surface area contributed by atoms with Crippen LogP contribution in [-0.4, -0.2) is 35.2 Å². The SMILES string of the molecule is OC1(CN2CC2)CC1. The molecule has 1 heterocycles. The normalized spacial score (nSPS) is 32.6. The monoisotopic (exact) mass is 113 g/mol. The summed E-state index contributed by atoms with van der Waals surface area (Å²) in [6, 6.07) is 0. The summed E-state index contributed by atoms with van der Waals surface area (Å²) in [5.74, 6) is 0. The van der Waals surface area contributed by atoms with Crippen molar-refractivity contribution < 1.29 is 5.11 Å². The van der Waals surface area contributed by atoms with Gasteiger partial charge >= 0.3 is 0 Å². The lowest BCUT2D eigenvalue weighted by Gasteiger charge is -2.05. The predicted octanol–water partition coefficient (Wildman–Crippen LogP) is -0.173. The predicted molar refractivity (Wildman–Crippen MR) is 30.6 cm³/mol. The van der Waals surface area contributed by atoms with Gasteiger partial charge in [0.2, 0.25) is 0 Å². The van der Waals surface area contributed by atoms with Gasteiger partial charge in [0.05, 0.1) is 5.60 Å². The summed E-state index contributed by atoms with van der Waals surface area (Å²) >= 11 is 0. The van der Waals surface area contributed by atoms with Crippen LogP contribution in [0.15, 0.2) is 0 Å². The van der Waals surface area contributed by atoms with E-state index in [0.717, 1.165) is 19.4 Å². The fourth-order valence-corrected chi connectivity index (χ4v) is 0.947. The Kier molecular flexibility index (Phi) is 0.746. The molecular weight excluding hydrogens is 102 g/mol. The molecule has 46 valence electrons. The summed E-state index contributed by atoms with van der Waals surface area (Å²) in [6.45, 7) is 3.36. The van der Waals surface area contributed by atoms with Gasteiger partial charge in [-0.25, -0.2) is 0 Å². The highest BCUT2D eigenvalue weighted by molar-refractivity contribution is 4.98. The molecule has 1 aliphatic heterocycles. The molecule has 2 heteroatoms. The van der Waals surface area contributed by atoms with Gasteiger partial charge in [-0.05, 0) is 12.8 Å². The molecule has 0 unspecified atom stereocenters. The number of β-amino-alcohol motifs (C(OH)–C–C–N with tert-alkyl or cyclic N) is 1. The van der Waals surface area contributed by atoms with Gasteiger partial charge in [-0.1, -0.05) is 0 Å². The van der Waals surface area contributed by atoms with Crippen LogP contribution in [0.4, 0.5) is 0 Å². The van der Waals surface area contributed by atoms with Crippen molar-refractivity contribution in [2.24, 2.45) is 0 Å². The van der Waals surface area contributed by atoms with Crippen molar-refractivity contribution in [1.29, 1.82) is 0 Å². The van der Waals surface area contributed by atoms with E-state index >= 15 is 0 Å². The minimum absolute atomic E-state index is 0.240. The van der Waals surface area contributed by atoms with E-state index in [4.69, 9.17) is 0 Å². The minimum atomic E-state index is -0.240. The van der Waals surface area contributed by atoms with Crippen LogP contribution in [-0.2, 0) is 0 Å². The summed E-state index contributed by atoms with van der Waals surface area (Å²) < 4.78 is 0. The molecule has 0 radical (unpaired) electrons. The molecule has 2 aliphatic rings. The van der Waals surface area contributed by atoms with Crippen molar-refractivity contribution in [3.05, 3.63) is 0 Å². The molecule has 0 aromatic carbocycles. The summed E-state index contributed by atoms with van der Waals surface area (Å²) in [7, 11) is 0. The van der Waals surface area contributed by atoms with Crippen molar-refractivity contribution >= 4 is 0 Å². The molecule has 0 aromatic heterocycles. The minimum Gasteiger partial charge on any atom is -0.389 e. The van der Waals surface area contributed by atoms with Crippen LogP contribution in [0.1, 0.15) is 12.8 Å². The standard InChI is InChI=1S/C6H11NO/c8-6(1-2-6)5-7-3-4-7/h8H,1-5H2. The molecular formula is C6H11NO. The van der Waals surface area contributed by atoms with Crippen LogP contribution in [0.2, 0.25) is 0 Å².